The largest absolute Gasteiger partial charge is 0.352 e. The lowest BCUT2D eigenvalue weighted by atomic mass is 9.98. The van der Waals surface area contributed by atoms with Gasteiger partial charge in [-0.2, -0.15) is 8.78 Å². The van der Waals surface area contributed by atoms with E-state index in [1.54, 1.807) is 6.08 Å². The van der Waals surface area contributed by atoms with Crippen molar-refractivity contribution in [2.45, 2.75) is 31.5 Å². The van der Waals surface area contributed by atoms with Crippen LogP contribution in [0.5, 0.6) is 0 Å². The second-order valence-corrected chi connectivity index (χ2v) is 5.09. The molecule has 0 saturated carbocycles. The molecule has 1 heterocycles. The molecule has 0 atom stereocenters. The first-order chi connectivity index (χ1) is 10.2. The van der Waals surface area contributed by atoms with Gasteiger partial charge in [-0.25, -0.2) is 0 Å². The van der Waals surface area contributed by atoms with E-state index in [0.717, 1.165) is 17.2 Å². The highest BCUT2D eigenvalue weighted by Gasteiger charge is 2.22. The molecule has 0 N–H and O–H groups in total. The quantitative estimate of drug-likeness (QED) is 0.722. The summed E-state index contributed by atoms with van der Waals surface area (Å²) in [6.45, 7) is 4.93. The van der Waals surface area contributed by atoms with Crippen molar-refractivity contribution in [2.24, 2.45) is 0 Å². The molecule has 1 aromatic rings. The fourth-order valence-electron chi connectivity index (χ4n) is 2.31. The predicted molar refractivity (Wildman–Crippen MR) is 78.3 cm³/mol. The molecular formula is C17H20F2O2. The van der Waals surface area contributed by atoms with Crippen molar-refractivity contribution < 1.29 is 18.3 Å². The molecule has 1 aliphatic rings. The van der Waals surface area contributed by atoms with Crippen LogP contribution in [0.3, 0.4) is 0 Å². The summed E-state index contributed by atoms with van der Waals surface area (Å²) in [5, 5.41) is 0. The Morgan fingerprint density at radius 1 is 1.19 bits per heavy atom. The van der Waals surface area contributed by atoms with Gasteiger partial charge in [-0.1, -0.05) is 30.3 Å². The smallest absolute Gasteiger partial charge is 0.266 e. The van der Waals surface area contributed by atoms with Gasteiger partial charge in [-0.15, -0.1) is 6.58 Å². The van der Waals surface area contributed by atoms with E-state index < -0.39 is 6.08 Å². The summed E-state index contributed by atoms with van der Waals surface area (Å²) >= 11 is 0. The predicted octanol–water partition coefficient (Wildman–Crippen LogP) is 4.43. The Bertz CT molecular complexity index is 470. The maximum atomic E-state index is 12.0. The van der Waals surface area contributed by atoms with E-state index in [-0.39, 0.29) is 12.2 Å². The van der Waals surface area contributed by atoms with Crippen LogP contribution >= 0.6 is 0 Å². The van der Waals surface area contributed by atoms with Crippen molar-refractivity contribution in [3.05, 3.63) is 60.2 Å². The fourth-order valence-corrected chi connectivity index (χ4v) is 2.31. The van der Waals surface area contributed by atoms with E-state index in [2.05, 4.69) is 6.58 Å². The van der Waals surface area contributed by atoms with Crippen LogP contribution < -0.4 is 0 Å². The average Bonchev–Trinajstić information content (AvgIpc) is 2.49. The minimum Gasteiger partial charge on any atom is -0.352 e. The lowest BCUT2D eigenvalue weighted by Gasteiger charge is -2.29. The third-order valence-electron chi connectivity index (χ3n) is 3.51. The monoisotopic (exact) mass is 294 g/mol. The lowest BCUT2D eigenvalue weighted by Crippen LogP contribution is -2.30. The number of rotatable bonds is 6. The summed E-state index contributed by atoms with van der Waals surface area (Å²) in [7, 11) is 0. The fraction of sp³-hybridized carbons (Fsp3) is 0.412. The van der Waals surface area contributed by atoms with Gasteiger partial charge in [0.05, 0.1) is 13.2 Å². The van der Waals surface area contributed by atoms with Crippen molar-refractivity contribution in [3.63, 3.8) is 0 Å². The van der Waals surface area contributed by atoms with Crippen molar-refractivity contribution >= 4 is 0 Å². The van der Waals surface area contributed by atoms with Crippen LogP contribution in [0.2, 0.25) is 0 Å². The van der Waals surface area contributed by atoms with Gasteiger partial charge in [0.2, 0.25) is 0 Å². The zero-order chi connectivity index (χ0) is 15.1. The van der Waals surface area contributed by atoms with Crippen LogP contribution in [0, 0.1) is 0 Å². The molecule has 21 heavy (non-hydrogen) atoms. The summed E-state index contributed by atoms with van der Waals surface area (Å²) in [5.41, 5.74) is 2.21. The summed E-state index contributed by atoms with van der Waals surface area (Å²) in [6.07, 6.45) is 2.63. The highest BCUT2D eigenvalue weighted by atomic mass is 19.3. The van der Waals surface area contributed by atoms with Gasteiger partial charge in [0.25, 0.3) is 6.08 Å². The van der Waals surface area contributed by atoms with Crippen LogP contribution in [-0.4, -0.2) is 19.5 Å². The van der Waals surface area contributed by atoms with Crippen LogP contribution in [0.1, 0.15) is 29.9 Å². The second-order valence-electron chi connectivity index (χ2n) is 5.09. The molecule has 1 saturated heterocycles. The number of aryl methyl sites for hydroxylation is 1. The molecule has 1 aromatic carbocycles. The zero-order valence-corrected chi connectivity index (χ0v) is 11.9. The van der Waals surface area contributed by atoms with Gasteiger partial charge in [0.15, 0.2) is 6.29 Å². The molecular weight excluding hydrogens is 274 g/mol. The molecule has 0 unspecified atom stereocenters. The molecule has 0 amide bonds. The van der Waals surface area contributed by atoms with E-state index in [4.69, 9.17) is 9.47 Å². The lowest BCUT2D eigenvalue weighted by molar-refractivity contribution is -0.184. The number of hydrogen-bond donors (Lipinski definition) is 0. The molecule has 0 aromatic heterocycles. The first kappa shape index (κ1) is 15.9. The topological polar surface area (TPSA) is 18.5 Å². The molecule has 1 aliphatic heterocycles. The number of halogens is 2. The SMILES string of the molecule is C=CCC1OCC(c2ccc(CCC=C(F)F)cc2)CO1. The molecule has 0 spiro atoms. The van der Waals surface area contributed by atoms with Crippen LogP contribution in [-0.2, 0) is 15.9 Å². The summed E-state index contributed by atoms with van der Waals surface area (Å²) < 4.78 is 35.2. The summed E-state index contributed by atoms with van der Waals surface area (Å²) in [5.74, 6) is 0.225. The van der Waals surface area contributed by atoms with Gasteiger partial charge >= 0.3 is 0 Å². The molecule has 1 fully saturated rings. The maximum Gasteiger partial charge on any atom is 0.266 e. The Kier molecular flexibility index (Phi) is 6.08. The molecule has 0 radical (unpaired) electrons. The van der Waals surface area contributed by atoms with Gasteiger partial charge in [-0.3, -0.25) is 0 Å². The Balaban J connectivity index is 1.85. The van der Waals surface area contributed by atoms with Gasteiger partial charge in [0, 0.05) is 12.3 Å². The third-order valence-corrected chi connectivity index (χ3v) is 3.51. The molecule has 2 rings (SSSR count). The van der Waals surface area contributed by atoms with Crippen molar-refractivity contribution in [2.75, 3.05) is 13.2 Å². The van der Waals surface area contributed by atoms with Gasteiger partial charge in [-0.05, 0) is 30.0 Å². The third kappa shape index (κ3) is 5.06. The van der Waals surface area contributed by atoms with Gasteiger partial charge < -0.3 is 9.47 Å². The Morgan fingerprint density at radius 3 is 2.43 bits per heavy atom. The normalized spacial score (nSPS) is 21.8. The number of ether oxygens (including phenoxy) is 2. The molecule has 0 bridgehead atoms. The minimum absolute atomic E-state index is 0.180. The average molecular weight is 294 g/mol. The first-order valence-electron chi connectivity index (χ1n) is 7.13. The van der Waals surface area contributed by atoms with Crippen LogP contribution in [0.15, 0.2) is 49.1 Å². The maximum absolute atomic E-state index is 12.0. The van der Waals surface area contributed by atoms with Crippen molar-refractivity contribution in [1.82, 2.24) is 0 Å². The first-order valence-corrected chi connectivity index (χ1v) is 7.13. The molecule has 2 nitrogen and oxygen atoms in total. The number of benzene rings is 1. The Morgan fingerprint density at radius 2 is 1.86 bits per heavy atom. The van der Waals surface area contributed by atoms with Crippen LogP contribution in [0.4, 0.5) is 8.78 Å². The van der Waals surface area contributed by atoms with E-state index in [9.17, 15) is 8.78 Å². The highest BCUT2D eigenvalue weighted by Crippen LogP contribution is 2.24. The molecule has 4 heteroatoms. The van der Waals surface area contributed by atoms with E-state index in [0.29, 0.717) is 32.5 Å². The van der Waals surface area contributed by atoms with Crippen LogP contribution in [0.25, 0.3) is 0 Å². The Hall–Kier alpha value is -1.52. The standard InChI is InChI=1S/C17H20F2O2/c1-2-4-17-20-11-15(12-21-17)14-9-7-13(8-10-14)5-3-6-16(18)19/h2,6-10,15,17H,1,3-5,11-12H2. The zero-order valence-electron chi connectivity index (χ0n) is 11.9. The second kappa shape index (κ2) is 8.05. The van der Waals surface area contributed by atoms with Crippen molar-refractivity contribution in [1.29, 1.82) is 0 Å². The number of allylic oxidation sites excluding steroid dienone is 1. The van der Waals surface area contributed by atoms with Crippen molar-refractivity contribution in [3.8, 4) is 0 Å². The Labute approximate surface area is 124 Å². The van der Waals surface area contributed by atoms with E-state index in [1.807, 2.05) is 24.3 Å². The summed E-state index contributed by atoms with van der Waals surface area (Å²) in [4.78, 5) is 0. The van der Waals surface area contributed by atoms with E-state index >= 15 is 0 Å². The number of hydrogen-bond acceptors (Lipinski definition) is 2. The molecule has 0 aliphatic carbocycles. The molecule has 114 valence electrons. The summed E-state index contributed by atoms with van der Waals surface area (Å²) in [6, 6.07) is 8.01. The highest BCUT2D eigenvalue weighted by molar-refractivity contribution is 5.26. The van der Waals surface area contributed by atoms with E-state index in [1.165, 1.54) is 0 Å². The minimum atomic E-state index is -1.61. The van der Waals surface area contributed by atoms with Gasteiger partial charge in [0.1, 0.15) is 0 Å².